The molecule has 1 N–H and O–H groups in total. The fourth-order valence-electron chi connectivity index (χ4n) is 4.54. The molecule has 0 unspecified atom stereocenters. The lowest BCUT2D eigenvalue weighted by Gasteiger charge is -2.28. The smallest absolute Gasteiger partial charge is 0.325 e. The van der Waals surface area contributed by atoms with Gasteiger partial charge >= 0.3 is 6.03 Å². The van der Waals surface area contributed by atoms with E-state index in [9.17, 15) is 14.4 Å². The average molecular weight is 381 g/mol. The second-order valence-corrected chi connectivity index (χ2v) is 8.00. The average Bonchev–Trinajstić information content (AvgIpc) is 2.88. The first-order valence-corrected chi connectivity index (χ1v) is 10.3. The van der Waals surface area contributed by atoms with Crippen LogP contribution >= 0.6 is 0 Å². The van der Waals surface area contributed by atoms with E-state index in [-0.39, 0.29) is 18.4 Å². The van der Waals surface area contributed by atoms with Crippen LogP contribution in [-0.2, 0) is 9.59 Å². The predicted molar refractivity (Wildman–Crippen MR) is 106 cm³/mol. The summed E-state index contributed by atoms with van der Waals surface area (Å²) in [6.45, 7) is 0.952. The van der Waals surface area contributed by atoms with Gasteiger partial charge in [-0.2, -0.15) is 0 Å². The van der Waals surface area contributed by atoms with Crippen LogP contribution in [0.2, 0.25) is 0 Å². The van der Waals surface area contributed by atoms with Crippen LogP contribution in [0.1, 0.15) is 50.5 Å². The molecule has 148 valence electrons. The third-order valence-electron chi connectivity index (χ3n) is 6.20. The van der Waals surface area contributed by atoms with Crippen molar-refractivity contribution in [2.75, 3.05) is 19.6 Å². The van der Waals surface area contributed by atoms with Gasteiger partial charge in [0.2, 0.25) is 5.91 Å². The Morgan fingerprint density at radius 3 is 2.39 bits per heavy atom. The van der Waals surface area contributed by atoms with Gasteiger partial charge in [0, 0.05) is 13.1 Å². The third-order valence-corrected chi connectivity index (χ3v) is 6.20. The molecule has 1 aromatic carbocycles. The number of nitrogens with zero attached hydrogens (tertiary/aromatic N) is 2. The zero-order chi connectivity index (χ0) is 19.6. The number of amides is 4. The molecule has 6 heteroatoms. The first-order chi connectivity index (χ1) is 13.6. The second-order valence-electron chi connectivity index (χ2n) is 8.00. The Kier molecular flexibility index (Phi) is 5.20. The molecule has 1 aromatic rings. The summed E-state index contributed by atoms with van der Waals surface area (Å²) in [5.41, 5.74) is 1.63. The number of carbonyl (C=O) groups excluding carboxylic acids is 3. The number of urea groups is 1. The molecular formula is C22H27N3O3. The Morgan fingerprint density at radius 1 is 1.04 bits per heavy atom. The lowest BCUT2D eigenvalue weighted by molar-refractivity contribution is -0.139. The zero-order valence-corrected chi connectivity index (χ0v) is 16.2. The van der Waals surface area contributed by atoms with Crippen molar-refractivity contribution in [3.63, 3.8) is 0 Å². The van der Waals surface area contributed by atoms with Crippen LogP contribution in [0.4, 0.5) is 4.79 Å². The molecule has 0 radical (unpaired) electrons. The number of hydrogen-bond donors (Lipinski definition) is 1. The molecule has 0 atom stereocenters. The maximum Gasteiger partial charge on any atom is 0.325 e. The first-order valence-electron chi connectivity index (χ1n) is 10.3. The van der Waals surface area contributed by atoms with E-state index in [1.54, 1.807) is 4.90 Å². The summed E-state index contributed by atoms with van der Waals surface area (Å²) in [6.07, 6.45) is 8.25. The monoisotopic (exact) mass is 381 g/mol. The van der Waals surface area contributed by atoms with E-state index in [0.29, 0.717) is 25.9 Å². The van der Waals surface area contributed by atoms with E-state index in [4.69, 9.17) is 0 Å². The highest BCUT2D eigenvalue weighted by Gasteiger charge is 2.51. The van der Waals surface area contributed by atoms with E-state index in [0.717, 1.165) is 37.0 Å². The van der Waals surface area contributed by atoms with Crippen molar-refractivity contribution >= 4 is 23.4 Å². The summed E-state index contributed by atoms with van der Waals surface area (Å²) in [6, 6.07) is 9.73. The van der Waals surface area contributed by atoms with Crippen molar-refractivity contribution in [2.24, 2.45) is 0 Å². The van der Waals surface area contributed by atoms with Gasteiger partial charge in [-0.1, -0.05) is 62.1 Å². The van der Waals surface area contributed by atoms with Gasteiger partial charge < -0.3 is 10.2 Å². The topological polar surface area (TPSA) is 69.7 Å². The van der Waals surface area contributed by atoms with Crippen LogP contribution in [0.3, 0.4) is 0 Å². The Bertz CT molecular complexity index is 795. The van der Waals surface area contributed by atoms with Crippen molar-refractivity contribution in [3.8, 4) is 0 Å². The van der Waals surface area contributed by atoms with Gasteiger partial charge in [0.1, 0.15) is 12.1 Å². The van der Waals surface area contributed by atoms with Crippen LogP contribution in [0.25, 0.3) is 5.57 Å². The van der Waals surface area contributed by atoms with Crippen molar-refractivity contribution in [3.05, 3.63) is 42.0 Å². The molecule has 1 saturated carbocycles. The lowest BCUT2D eigenvalue weighted by Crippen LogP contribution is -2.48. The van der Waals surface area contributed by atoms with Gasteiger partial charge in [-0.25, -0.2) is 4.79 Å². The minimum absolute atomic E-state index is 0.166. The van der Waals surface area contributed by atoms with Crippen molar-refractivity contribution < 1.29 is 14.4 Å². The molecule has 4 amide bonds. The predicted octanol–water partition coefficient (Wildman–Crippen LogP) is 2.95. The van der Waals surface area contributed by atoms with E-state index in [1.165, 1.54) is 11.1 Å². The van der Waals surface area contributed by atoms with Crippen molar-refractivity contribution in [1.82, 2.24) is 15.1 Å². The number of nitrogens with one attached hydrogen (secondary N) is 1. The summed E-state index contributed by atoms with van der Waals surface area (Å²) < 4.78 is 0. The van der Waals surface area contributed by atoms with Crippen LogP contribution < -0.4 is 5.32 Å². The van der Waals surface area contributed by atoms with E-state index in [2.05, 4.69) is 23.5 Å². The SMILES string of the molecule is O=C(CN1C(=O)NC2(CCCCCC2)C1=O)N1CC=C(c2ccccc2)CC1. The fourth-order valence-corrected chi connectivity index (χ4v) is 4.54. The van der Waals surface area contributed by atoms with Gasteiger partial charge in [0.15, 0.2) is 0 Å². The Balaban J connectivity index is 1.39. The molecule has 0 bridgehead atoms. The standard InChI is InChI=1S/C22H27N3O3/c26-19(24-14-10-18(11-15-24)17-8-4-3-5-9-17)16-25-20(27)22(23-21(25)28)12-6-1-2-7-13-22/h3-5,8-10H,1-2,6-7,11-16H2,(H,23,28). The maximum absolute atomic E-state index is 13.0. The van der Waals surface area contributed by atoms with Crippen LogP contribution in [0.5, 0.6) is 0 Å². The second kappa shape index (κ2) is 7.78. The number of carbonyl (C=O) groups is 3. The van der Waals surface area contributed by atoms with Gasteiger partial charge in [0.05, 0.1) is 0 Å². The molecule has 3 aliphatic rings. The van der Waals surface area contributed by atoms with E-state index < -0.39 is 11.6 Å². The Hall–Kier alpha value is -2.63. The third kappa shape index (κ3) is 3.55. The van der Waals surface area contributed by atoms with Crippen LogP contribution in [0, 0.1) is 0 Å². The molecule has 1 spiro atoms. The van der Waals surface area contributed by atoms with Crippen molar-refractivity contribution in [1.29, 1.82) is 0 Å². The van der Waals surface area contributed by atoms with Gasteiger partial charge in [0.25, 0.3) is 5.91 Å². The summed E-state index contributed by atoms with van der Waals surface area (Å²) in [4.78, 5) is 41.0. The molecular weight excluding hydrogens is 354 g/mol. The molecule has 28 heavy (non-hydrogen) atoms. The molecule has 6 nitrogen and oxygen atoms in total. The first kappa shape index (κ1) is 18.7. The van der Waals surface area contributed by atoms with Crippen LogP contribution in [0.15, 0.2) is 36.4 Å². The highest BCUT2D eigenvalue weighted by atomic mass is 16.2. The summed E-state index contributed by atoms with van der Waals surface area (Å²) in [5, 5.41) is 2.90. The molecule has 2 aliphatic heterocycles. The zero-order valence-electron chi connectivity index (χ0n) is 16.2. The number of benzene rings is 1. The summed E-state index contributed by atoms with van der Waals surface area (Å²) in [5.74, 6) is -0.386. The molecule has 2 heterocycles. The largest absolute Gasteiger partial charge is 0.337 e. The van der Waals surface area contributed by atoms with E-state index in [1.807, 2.05) is 18.2 Å². The summed E-state index contributed by atoms with van der Waals surface area (Å²) in [7, 11) is 0. The molecule has 4 rings (SSSR count). The quantitative estimate of drug-likeness (QED) is 0.819. The normalized spacial score (nSPS) is 22.1. The highest BCUT2D eigenvalue weighted by Crippen LogP contribution is 2.32. The van der Waals surface area contributed by atoms with Crippen molar-refractivity contribution in [2.45, 2.75) is 50.5 Å². The van der Waals surface area contributed by atoms with Gasteiger partial charge in [-0.05, 0) is 30.4 Å². The minimum Gasteiger partial charge on any atom is -0.337 e. The molecule has 1 aliphatic carbocycles. The maximum atomic E-state index is 13.0. The Labute approximate surface area is 165 Å². The molecule has 1 saturated heterocycles. The molecule has 2 fully saturated rings. The molecule has 0 aromatic heterocycles. The summed E-state index contributed by atoms with van der Waals surface area (Å²) >= 11 is 0. The Morgan fingerprint density at radius 2 is 1.75 bits per heavy atom. The van der Waals surface area contributed by atoms with Gasteiger partial charge in [-0.15, -0.1) is 0 Å². The lowest BCUT2D eigenvalue weighted by atomic mass is 9.90. The van der Waals surface area contributed by atoms with Gasteiger partial charge in [-0.3, -0.25) is 14.5 Å². The fraction of sp³-hybridized carbons (Fsp3) is 0.500. The number of hydrogen-bond acceptors (Lipinski definition) is 3. The van der Waals surface area contributed by atoms with E-state index >= 15 is 0 Å². The number of rotatable bonds is 3. The highest BCUT2D eigenvalue weighted by molar-refractivity contribution is 6.09. The van der Waals surface area contributed by atoms with Crippen LogP contribution in [-0.4, -0.2) is 52.8 Å². The minimum atomic E-state index is -0.782. The number of imide groups is 1.